The van der Waals surface area contributed by atoms with E-state index < -0.39 is 52.6 Å². The summed E-state index contributed by atoms with van der Waals surface area (Å²) >= 11 is 0. The third kappa shape index (κ3) is 9.85. The smallest absolute Gasteiger partial charge is 0.283 e. The topological polar surface area (TPSA) is 232 Å². The number of rotatable bonds is 18. The van der Waals surface area contributed by atoms with Gasteiger partial charge >= 0.3 is 0 Å². The van der Waals surface area contributed by atoms with E-state index >= 15 is 0 Å². The van der Waals surface area contributed by atoms with Crippen molar-refractivity contribution in [1.82, 2.24) is 24.2 Å². The SMILES string of the molecule is CCN(CCCN(CCCCN(CCCNc1cccc2ccc(=O)n(O)c12)C(=O)c1cccc(=O)n1O)C(=O)C1=CC=CC(=O)C1O)C(=O)C1=CC=CC(=O)C1O. The molecule has 2 aliphatic rings. The van der Waals surface area contributed by atoms with Gasteiger partial charge < -0.3 is 40.6 Å². The van der Waals surface area contributed by atoms with Gasteiger partial charge in [-0.25, -0.2) is 0 Å². The molecule has 3 amide bonds. The fraction of sp³-hybridized carbons (Fsp3) is 0.341. The van der Waals surface area contributed by atoms with Crippen LogP contribution in [-0.2, 0) is 19.2 Å². The van der Waals surface area contributed by atoms with Crippen molar-refractivity contribution in [2.75, 3.05) is 51.1 Å². The lowest BCUT2D eigenvalue weighted by atomic mass is 9.99. The largest absolute Gasteiger partial charge is 0.425 e. The number of para-hydroxylation sites is 1. The number of pyridine rings is 2. The van der Waals surface area contributed by atoms with Crippen molar-refractivity contribution in [1.29, 1.82) is 0 Å². The number of likely N-dealkylation sites (N-methyl/N-ethyl adjacent to an activating group) is 1. The highest BCUT2D eigenvalue weighted by Crippen LogP contribution is 2.22. The third-order valence-corrected chi connectivity index (χ3v) is 9.86. The fourth-order valence-electron chi connectivity index (χ4n) is 6.71. The Bertz CT molecular complexity index is 2310. The van der Waals surface area contributed by atoms with E-state index in [0.717, 1.165) is 12.1 Å². The molecule has 5 N–H and O–H groups in total. The number of anilines is 1. The number of nitrogens with one attached hydrogen (secondary N) is 1. The first-order chi connectivity index (χ1) is 27.8. The molecule has 0 aliphatic heterocycles. The van der Waals surface area contributed by atoms with Crippen LogP contribution in [0.1, 0.15) is 43.1 Å². The minimum absolute atomic E-state index is 0.0589. The van der Waals surface area contributed by atoms with Crippen LogP contribution in [-0.4, -0.2) is 132 Å². The zero-order valence-electron chi connectivity index (χ0n) is 31.9. The second kappa shape index (κ2) is 19.5. The maximum absolute atomic E-state index is 13.7. The van der Waals surface area contributed by atoms with Crippen molar-refractivity contribution < 1.29 is 44.6 Å². The molecular formula is C41H46N6O11. The van der Waals surface area contributed by atoms with Crippen LogP contribution < -0.4 is 16.4 Å². The number of aromatic nitrogens is 2. The lowest BCUT2D eigenvalue weighted by Gasteiger charge is -2.29. The van der Waals surface area contributed by atoms with Crippen LogP contribution in [0.4, 0.5) is 5.69 Å². The van der Waals surface area contributed by atoms with E-state index in [1.54, 1.807) is 31.2 Å². The Kier molecular flexibility index (Phi) is 14.3. The Morgan fingerprint density at radius 3 is 1.81 bits per heavy atom. The summed E-state index contributed by atoms with van der Waals surface area (Å²) in [6.45, 7) is 3.00. The maximum Gasteiger partial charge on any atom is 0.283 e. The van der Waals surface area contributed by atoms with Crippen molar-refractivity contribution in [2.45, 2.75) is 44.8 Å². The van der Waals surface area contributed by atoms with Crippen LogP contribution in [0.3, 0.4) is 0 Å². The highest BCUT2D eigenvalue weighted by Gasteiger charge is 2.31. The van der Waals surface area contributed by atoms with Crippen molar-refractivity contribution in [3.63, 3.8) is 0 Å². The second-order valence-corrected chi connectivity index (χ2v) is 13.7. The van der Waals surface area contributed by atoms with Crippen LogP contribution >= 0.6 is 0 Å². The summed E-state index contributed by atoms with van der Waals surface area (Å²) < 4.78 is 0.826. The quantitative estimate of drug-likeness (QED) is 0.0906. The second-order valence-electron chi connectivity index (χ2n) is 13.7. The average molecular weight is 799 g/mol. The van der Waals surface area contributed by atoms with Gasteiger partial charge in [-0.05, 0) is 63.0 Å². The maximum atomic E-state index is 13.7. The van der Waals surface area contributed by atoms with Gasteiger partial charge in [0.05, 0.1) is 16.8 Å². The van der Waals surface area contributed by atoms with E-state index in [-0.39, 0.29) is 72.8 Å². The minimum Gasteiger partial charge on any atom is -0.425 e. The molecule has 17 nitrogen and oxygen atoms in total. The molecule has 0 saturated carbocycles. The number of ketones is 2. The van der Waals surface area contributed by atoms with Gasteiger partial charge in [0.1, 0.15) is 23.4 Å². The molecule has 0 saturated heterocycles. The van der Waals surface area contributed by atoms with E-state index in [1.165, 1.54) is 63.3 Å². The van der Waals surface area contributed by atoms with Gasteiger partial charge in [-0.3, -0.25) is 33.6 Å². The molecule has 2 aromatic heterocycles. The Balaban J connectivity index is 1.26. The number of hydrogen-bond donors (Lipinski definition) is 5. The Labute approximate surface area is 332 Å². The number of fused-ring (bicyclic) bond motifs is 1. The monoisotopic (exact) mass is 798 g/mol. The van der Waals surface area contributed by atoms with Gasteiger partial charge in [0.15, 0.2) is 11.6 Å². The molecule has 17 heteroatoms. The molecule has 306 valence electrons. The van der Waals surface area contributed by atoms with Crippen LogP contribution in [0, 0.1) is 0 Å². The molecule has 58 heavy (non-hydrogen) atoms. The number of allylic oxidation sites excluding steroid dienone is 4. The zero-order chi connectivity index (χ0) is 41.9. The van der Waals surface area contributed by atoms with Gasteiger partial charge in [0, 0.05) is 63.3 Å². The van der Waals surface area contributed by atoms with Crippen molar-refractivity contribution in [3.8, 4) is 0 Å². The standard InChI is InChI=1S/C41H46N6O11/c1-2-43(39(54)28-12-6-16-32(48)37(28)52)25-10-26-44(40(55)29-13-7-17-33(49)38(29)53)22-3-4-23-45(41(56)31-15-8-18-34(50)46(31)57)24-9-21-42-30-14-5-11-27-19-20-35(51)47(58)36(27)30/h5-8,11-20,37-38,42,52-53,57-58H,2-4,9-10,21-26H2,1H3. The van der Waals surface area contributed by atoms with Crippen LogP contribution in [0.2, 0.25) is 0 Å². The molecular weight excluding hydrogens is 752 g/mol. The zero-order valence-corrected chi connectivity index (χ0v) is 31.9. The number of hydrogen-bond acceptors (Lipinski definition) is 12. The molecule has 0 fully saturated rings. The summed E-state index contributed by atoms with van der Waals surface area (Å²) in [5, 5.41) is 45.3. The fourth-order valence-corrected chi connectivity index (χ4v) is 6.71. The van der Waals surface area contributed by atoms with Crippen LogP contribution in [0.5, 0.6) is 0 Å². The van der Waals surface area contributed by atoms with E-state index in [9.17, 15) is 54.2 Å². The van der Waals surface area contributed by atoms with Crippen LogP contribution in [0.15, 0.2) is 106 Å². The molecule has 0 spiro atoms. The van der Waals surface area contributed by atoms with Crippen molar-refractivity contribution in [3.05, 3.63) is 123 Å². The summed E-state index contributed by atoms with van der Waals surface area (Å²) in [6.07, 6.45) is 5.98. The summed E-state index contributed by atoms with van der Waals surface area (Å²) in [5.74, 6) is -2.98. The lowest BCUT2D eigenvalue weighted by molar-refractivity contribution is -0.132. The number of benzene rings is 1. The highest BCUT2D eigenvalue weighted by molar-refractivity contribution is 6.08. The molecule has 2 unspecified atom stereocenters. The molecule has 2 aliphatic carbocycles. The predicted molar refractivity (Wildman–Crippen MR) is 211 cm³/mol. The molecule has 0 radical (unpaired) electrons. The molecule has 3 aromatic rings. The Morgan fingerprint density at radius 1 is 0.638 bits per heavy atom. The van der Waals surface area contributed by atoms with Gasteiger partial charge in [-0.15, -0.1) is 9.46 Å². The summed E-state index contributed by atoms with van der Waals surface area (Å²) in [7, 11) is 0. The van der Waals surface area contributed by atoms with E-state index in [4.69, 9.17) is 0 Å². The molecule has 2 atom stereocenters. The van der Waals surface area contributed by atoms with E-state index in [1.807, 2.05) is 0 Å². The summed E-state index contributed by atoms with van der Waals surface area (Å²) in [4.78, 5) is 93.4. The number of unbranched alkanes of at least 4 members (excludes halogenated alkanes) is 1. The Hall–Kier alpha value is -6.59. The number of carbonyl (C=O) groups excluding carboxylic acids is 5. The third-order valence-electron chi connectivity index (χ3n) is 9.86. The van der Waals surface area contributed by atoms with E-state index in [2.05, 4.69) is 5.32 Å². The van der Waals surface area contributed by atoms with Gasteiger partial charge in [0.2, 0.25) is 0 Å². The number of nitrogens with zero attached hydrogens (tertiary/aromatic N) is 5. The number of carbonyl (C=O) groups is 5. The first kappa shape index (κ1) is 42.6. The molecule has 2 heterocycles. The van der Waals surface area contributed by atoms with Gasteiger partial charge in [0.25, 0.3) is 28.8 Å². The summed E-state index contributed by atoms with van der Waals surface area (Å²) in [5.41, 5.74) is -1.04. The normalized spacial score (nSPS) is 16.2. The highest BCUT2D eigenvalue weighted by atomic mass is 16.5. The first-order valence-corrected chi connectivity index (χ1v) is 18.9. The molecule has 0 bridgehead atoms. The number of amides is 3. The van der Waals surface area contributed by atoms with Gasteiger partial charge in [-0.1, -0.05) is 42.5 Å². The molecule has 1 aromatic carbocycles. The molecule has 5 rings (SSSR count). The Morgan fingerprint density at radius 2 is 1.17 bits per heavy atom. The van der Waals surface area contributed by atoms with Crippen molar-refractivity contribution >= 4 is 45.9 Å². The van der Waals surface area contributed by atoms with Gasteiger partial charge in [-0.2, -0.15) is 0 Å². The van der Waals surface area contributed by atoms with E-state index in [0.29, 0.717) is 41.6 Å². The lowest BCUT2D eigenvalue weighted by Crippen LogP contribution is -2.42. The average Bonchev–Trinajstić information content (AvgIpc) is 3.21. The van der Waals surface area contributed by atoms with Crippen molar-refractivity contribution in [2.24, 2.45) is 0 Å². The minimum atomic E-state index is -1.65. The van der Waals surface area contributed by atoms with Crippen LogP contribution in [0.25, 0.3) is 10.9 Å². The summed E-state index contributed by atoms with van der Waals surface area (Å²) in [6, 6.07) is 11.8. The predicted octanol–water partition coefficient (Wildman–Crippen LogP) is 1.28. The first-order valence-electron chi connectivity index (χ1n) is 18.9. The number of aliphatic hydroxyl groups excluding tert-OH is 2. The number of aliphatic hydroxyl groups is 2.